The van der Waals surface area contributed by atoms with Crippen LogP contribution < -0.4 is 14.2 Å². The summed E-state index contributed by atoms with van der Waals surface area (Å²) in [6.45, 7) is 7.83. The van der Waals surface area contributed by atoms with Crippen LogP contribution in [0.1, 0.15) is 42.4 Å². The van der Waals surface area contributed by atoms with Crippen molar-refractivity contribution in [2.24, 2.45) is 7.05 Å². The molecule has 3 heterocycles. The molecule has 1 saturated heterocycles. The summed E-state index contributed by atoms with van der Waals surface area (Å²) in [5, 5.41) is 0.868. The molecule has 6 rings (SSSR count). The van der Waals surface area contributed by atoms with Crippen LogP contribution in [-0.4, -0.2) is 72.6 Å². The van der Waals surface area contributed by atoms with Gasteiger partial charge in [0.2, 0.25) is 5.88 Å². The number of carbonyl (C=O) groups is 1. The van der Waals surface area contributed by atoms with Crippen LogP contribution in [-0.2, 0) is 29.0 Å². The molecule has 0 atom stereocenters. The molecule has 1 fully saturated rings. The van der Waals surface area contributed by atoms with Gasteiger partial charge < -0.3 is 18.9 Å². The molecule has 0 radical (unpaired) electrons. The van der Waals surface area contributed by atoms with Crippen molar-refractivity contribution in [1.29, 1.82) is 0 Å². The van der Waals surface area contributed by atoms with E-state index in [0.717, 1.165) is 22.0 Å². The summed E-state index contributed by atoms with van der Waals surface area (Å²) in [4.78, 5) is 22.0. The number of hydrogen-bond donors (Lipinski definition) is 1. The number of rotatable bonds is 10. The number of sulfonamides is 1. The number of fused-ring (bicyclic) bond motifs is 1. The van der Waals surface area contributed by atoms with Gasteiger partial charge in [-0.05, 0) is 65.1 Å². The van der Waals surface area contributed by atoms with Gasteiger partial charge in [-0.2, -0.15) is 13.2 Å². The lowest BCUT2D eigenvalue weighted by atomic mass is 9.87. The summed E-state index contributed by atoms with van der Waals surface area (Å²) in [6, 6.07) is 23.8. The van der Waals surface area contributed by atoms with Gasteiger partial charge in [-0.3, -0.25) is 14.4 Å². The molecule has 5 aromatic rings. The van der Waals surface area contributed by atoms with Gasteiger partial charge in [-0.15, -0.1) is 0 Å². The number of benzene rings is 3. The van der Waals surface area contributed by atoms with Crippen molar-refractivity contribution >= 4 is 32.5 Å². The summed E-state index contributed by atoms with van der Waals surface area (Å²) in [5.74, 6) is 0.848. The number of alkyl halides is 3. The van der Waals surface area contributed by atoms with Crippen molar-refractivity contribution in [3.05, 3.63) is 108 Å². The highest BCUT2D eigenvalue weighted by atomic mass is 32.2. The van der Waals surface area contributed by atoms with Gasteiger partial charge in [0.05, 0.1) is 22.3 Å². The zero-order chi connectivity index (χ0) is 37.3. The van der Waals surface area contributed by atoms with Crippen molar-refractivity contribution < 1.29 is 35.9 Å². The molecule has 1 N–H and O–H groups in total. The smallest absolute Gasteiger partial charge is 0.422 e. The molecule has 0 spiro atoms. The number of halogens is 3. The predicted octanol–water partition coefficient (Wildman–Crippen LogP) is 7.36. The van der Waals surface area contributed by atoms with Gasteiger partial charge >= 0.3 is 6.18 Å². The number of aryl methyl sites for hydroxylation is 1. The first-order valence-corrected chi connectivity index (χ1v) is 18.2. The topological polar surface area (TPSA) is 106 Å². The molecule has 0 aliphatic carbocycles. The molecule has 0 bridgehead atoms. The Morgan fingerprint density at radius 1 is 0.865 bits per heavy atom. The van der Waals surface area contributed by atoms with E-state index in [0.29, 0.717) is 49.9 Å². The lowest BCUT2D eigenvalue weighted by Crippen LogP contribution is -2.48. The third-order valence-corrected chi connectivity index (χ3v) is 10.3. The zero-order valence-corrected chi connectivity index (χ0v) is 30.1. The Balaban J connectivity index is 1.04. The number of amides is 1. The Hall–Kier alpha value is -5.08. The average molecular weight is 736 g/mol. The van der Waals surface area contributed by atoms with E-state index >= 15 is 0 Å². The van der Waals surface area contributed by atoms with Crippen LogP contribution in [0, 0.1) is 0 Å². The first kappa shape index (κ1) is 36.7. The van der Waals surface area contributed by atoms with Crippen molar-refractivity contribution in [1.82, 2.24) is 19.4 Å². The standard InChI is InChI=1S/C38H40F3N5O5S/c1-37(2,3)28-8-14-32(15-9-28)52(48,49)43-29-10-16-35(42-23-29)51-31-13-7-27-21-34(44(4)33(27)22-31)36(47)46-19-17-45(18-20-46)24-26-5-11-30(12-6-26)50-25-38(39,40)41/h5-16,21-23,43H,17-20,24-25H2,1-4H3. The van der Waals surface area contributed by atoms with Crippen LogP contribution >= 0.6 is 0 Å². The molecular formula is C38H40F3N5O5S. The minimum absolute atomic E-state index is 0.0863. The van der Waals surface area contributed by atoms with Crippen LogP contribution in [0.5, 0.6) is 17.4 Å². The number of nitrogens with zero attached hydrogens (tertiary/aromatic N) is 4. The highest BCUT2D eigenvalue weighted by Crippen LogP contribution is 2.29. The van der Waals surface area contributed by atoms with E-state index in [1.807, 2.05) is 46.8 Å². The molecule has 1 aliphatic rings. The Bertz CT molecular complexity index is 2140. The van der Waals surface area contributed by atoms with E-state index in [1.54, 1.807) is 42.5 Å². The number of hydrogen-bond acceptors (Lipinski definition) is 7. The fourth-order valence-electron chi connectivity index (χ4n) is 5.93. The number of anilines is 1. The molecule has 10 nitrogen and oxygen atoms in total. The number of aromatic nitrogens is 2. The Morgan fingerprint density at radius 2 is 1.54 bits per heavy atom. The van der Waals surface area contributed by atoms with Crippen molar-refractivity contribution in [2.75, 3.05) is 37.5 Å². The second-order valence-corrected chi connectivity index (χ2v) is 15.5. The highest BCUT2D eigenvalue weighted by Gasteiger charge is 2.29. The summed E-state index contributed by atoms with van der Waals surface area (Å²) in [6.07, 6.45) is -3.00. The summed E-state index contributed by atoms with van der Waals surface area (Å²) in [5.41, 5.74) is 3.51. The fourth-order valence-corrected chi connectivity index (χ4v) is 6.98. The third kappa shape index (κ3) is 8.86. The number of nitrogens with one attached hydrogen (secondary N) is 1. The van der Waals surface area contributed by atoms with E-state index in [1.165, 1.54) is 18.3 Å². The second-order valence-electron chi connectivity index (χ2n) is 13.8. The highest BCUT2D eigenvalue weighted by molar-refractivity contribution is 7.92. The van der Waals surface area contributed by atoms with Crippen molar-refractivity contribution in [3.8, 4) is 17.4 Å². The molecule has 2 aromatic heterocycles. The lowest BCUT2D eigenvalue weighted by molar-refractivity contribution is -0.153. The van der Waals surface area contributed by atoms with E-state index in [4.69, 9.17) is 9.47 Å². The van der Waals surface area contributed by atoms with Crippen molar-refractivity contribution in [3.63, 3.8) is 0 Å². The molecule has 1 amide bonds. The molecule has 0 saturated carbocycles. The molecular weight excluding hydrogens is 696 g/mol. The minimum atomic E-state index is -4.39. The fraction of sp³-hybridized carbons (Fsp3) is 0.316. The van der Waals surface area contributed by atoms with Crippen LogP contribution in [0.4, 0.5) is 18.9 Å². The summed E-state index contributed by atoms with van der Waals surface area (Å²) < 4.78 is 78.3. The minimum Gasteiger partial charge on any atom is -0.484 e. The first-order chi connectivity index (χ1) is 24.5. The Labute approximate surface area is 300 Å². The molecule has 0 unspecified atom stereocenters. The van der Waals surface area contributed by atoms with Gasteiger partial charge in [-0.1, -0.05) is 45.0 Å². The van der Waals surface area contributed by atoms with E-state index in [9.17, 15) is 26.4 Å². The Kier molecular flexibility index (Phi) is 10.2. The molecule has 14 heteroatoms. The SMILES string of the molecule is Cn1c(C(=O)N2CCN(Cc3ccc(OCC(F)(F)F)cc3)CC2)cc2ccc(Oc3ccc(NS(=O)(=O)c4ccc(C(C)(C)C)cc4)cn3)cc21. The lowest BCUT2D eigenvalue weighted by Gasteiger charge is -2.34. The number of piperazine rings is 1. The zero-order valence-electron chi connectivity index (χ0n) is 29.3. The molecule has 52 heavy (non-hydrogen) atoms. The van der Waals surface area contributed by atoms with Crippen LogP contribution in [0.2, 0.25) is 0 Å². The number of pyridine rings is 1. The van der Waals surface area contributed by atoms with Gasteiger partial charge in [0, 0.05) is 57.3 Å². The normalized spacial score (nSPS) is 14.4. The van der Waals surface area contributed by atoms with Gasteiger partial charge in [0.25, 0.3) is 15.9 Å². The van der Waals surface area contributed by atoms with E-state index < -0.39 is 22.8 Å². The quantitative estimate of drug-likeness (QED) is 0.160. The number of carbonyl (C=O) groups excluding carboxylic acids is 1. The van der Waals surface area contributed by atoms with Gasteiger partial charge in [-0.25, -0.2) is 13.4 Å². The van der Waals surface area contributed by atoms with Gasteiger partial charge in [0.1, 0.15) is 17.2 Å². The monoisotopic (exact) mass is 735 g/mol. The van der Waals surface area contributed by atoms with Crippen molar-refractivity contribution in [2.45, 2.75) is 43.8 Å². The first-order valence-electron chi connectivity index (χ1n) is 16.7. The predicted molar refractivity (Wildman–Crippen MR) is 192 cm³/mol. The maximum absolute atomic E-state index is 13.6. The third-order valence-electron chi connectivity index (χ3n) is 8.87. The maximum atomic E-state index is 13.6. The van der Waals surface area contributed by atoms with Crippen LogP contribution in [0.3, 0.4) is 0 Å². The van der Waals surface area contributed by atoms with Gasteiger partial charge in [0.15, 0.2) is 6.61 Å². The maximum Gasteiger partial charge on any atom is 0.422 e. The molecule has 1 aliphatic heterocycles. The Morgan fingerprint density at radius 3 is 2.15 bits per heavy atom. The molecule has 274 valence electrons. The number of ether oxygens (including phenoxy) is 2. The van der Waals surface area contributed by atoms with Crippen LogP contribution in [0.15, 0.2) is 96.0 Å². The largest absolute Gasteiger partial charge is 0.484 e. The summed E-state index contributed by atoms with van der Waals surface area (Å²) >= 11 is 0. The van der Waals surface area contributed by atoms with Crippen LogP contribution in [0.25, 0.3) is 10.9 Å². The molecule has 3 aromatic carbocycles. The summed E-state index contributed by atoms with van der Waals surface area (Å²) in [7, 11) is -1.98. The average Bonchev–Trinajstić information content (AvgIpc) is 3.43. The van der Waals surface area contributed by atoms with E-state index in [2.05, 4.69) is 35.4 Å². The van der Waals surface area contributed by atoms with E-state index in [-0.39, 0.29) is 27.8 Å². The second kappa shape index (κ2) is 14.5.